The maximum atomic E-state index is 3.83. The minimum atomic E-state index is 1.15. The second-order valence-corrected chi connectivity index (χ2v) is 8.75. The highest BCUT2D eigenvalue weighted by Crippen LogP contribution is 2.29. The molecule has 0 aliphatic carbocycles. The van der Waals surface area contributed by atoms with Crippen LogP contribution in [0.4, 0.5) is 0 Å². The Hall–Kier alpha value is -4.68. The summed E-state index contributed by atoms with van der Waals surface area (Å²) in [5.41, 5.74) is 7.30. The lowest BCUT2D eigenvalue weighted by Crippen LogP contribution is -1.82. The van der Waals surface area contributed by atoms with Gasteiger partial charge < -0.3 is 0 Å². The van der Waals surface area contributed by atoms with Crippen molar-refractivity contribution in [1.82, 2.24) is 0 Å². The molecule has 6 aromatic carbocycles. The monoisotopic (exact) mass is 460 g/mol. The lowest BCUT2D eigenvalue weighted by atomic mass is 9.97. The predicted molar refractivity (Wildman–Crippen MR) is 159 cm³/mol. The number of hydrogen-bond donors (Lipinski definition) is 0. The summed E-state index contributed by atoms with van der Waals surface area (Å²) >= 11 is 0. The second kappa shape index (κ2) is 10.7. The molecule has 0 radical (unpaired) electrons. The SMILES string of the molecule is C=Cc1cccc(-c2ccc3ccccc3c2)c1.C=Cc1cccc(-c2cccc3ccccc23)c1. The topological polar surface area (TPSA) is 0 Å². The molecule has 0 amide bonds. The Morgan fingerprint density at radius 1 is 0.389 bits per heavy atom. The van der Waals surface area contributed by atoms with Crippen molar-refractivity contribution < 1.29 is 0 Å². The molecule has 0 aliphatic rings. The first-order chi connectivity index (χ1) is 17.7. The molecular weight excluding hydrogens is 432 g/mol. The molecule has 0 aliphatic heterocycles. The van der Waals surface area contributed by atoms with Gasteiger partial charge in [-0.3, -0.25) is 0 Å². The van der Waals surface area contributed by atoms with Gasteiger partial charge in [-0.05, 0) is 73.1 Å². The van der Waals surface area contributed by atoms with E-state index in [0.717, 1.165) is 11.1 Å². The molecule has 0 saturated heterocycles. The number of rotatable bonds is 4. The van der Waals surface area contributed by atoms with Crippen LogP contribution in [0.2, 0.25) is 0 Å². The van der Waals surface area contributed by atoms with E-state index in [1.54, 1.807) is 0 Å². The van der Waals surface area contributed by atoms with Crippen molar-refractivity contribution in [2.45, 2.75) is 0 Å². The zero-order valence-corrected chi connectivity index (χ0v) is 20.3. The predicted octanol–water partition coefficient (Wildman–Crippen LogP) is 10.3. The fraction of sp³-hybridized carbons (Fsp3) is 0. The Labute approximate surface area is 213 Å². The van der Waals surface area contributed by atoms with Gasteiger partial charge in [0.1, 0.15) is 0 Å². The third kappa shape index (κ3) is 5.04. The summed E-state index contributed by atoms with van der Waals surface area (Å²) in [6.45, 7) is 7.64. The molecule has 0 heterocycles. The molecule has 6 rings (SSSR count). The van der Waals surface area contributed by atoms with E-state index >= 15 is 0 Å². The van der Waals surface area contributed by atoms with Crippen molar-refractivity contribution >= 4 is 33.7 Å². The Bertz CT molecular complexity index is 1660. The van der Waals surface area contributed by atoms with Crippen molar-refractivity contribution in [3.63, 3.8) is 0 Å². The van der Waals surface area contributed by atoms with Gasteiger partial charge in [0.05, 0.1) is 0 Å². The molecule has 0 saturated carbocycles. The van der Waals surface area contributed by atoms with Crippen molar-refractivity contribution in [3.8, 4) is 22.3 Å². The van der Waals surface area contributed by atoms with Crippen molar-refractivity contribution in [1.29, 1.82) is 0 Å². The fourth-order valence-corrected chi connectivity index (χ4v) is 4.52. The van der Waals surface area contributed by atoms with E-state index in [4.69, 9.17) is 0 Å². The van der Waals surface area contributed by atoms with Gasteiger partial charge in [0.2, 0.25) is 0 Å². The maximum Gasteiger partial charge on any atom is -0.0105 e. The fourth-order valence-electron chi connectivity index (χ4n) is 4.52. The van der Waals surface area contributed by atoms with Gasteiger partial charge in [0.15, 0.2) is 0 Å². The minimum Gasteiger partial charge on any atom is -0.0985 e. The molecule has 0 heteroatoms. The molecule has 0 bridgehead atoms. The van der Waals surface area contributed by atoms with Gasteiger partial charge in [0, 0.05) is 0 Å². The normalized spacial score (nSPS) is 10.4. The van der Waals surface area contributed by atoms with Crippen LogP contribution in [-0.2, 0) is 0 Å². The Morgan fingerprint density at radius 2 is 0.944 bits per heavy atom. The van der Waals surface area contributed by atoms with Gasteiger partial charge in [-0.25, -0.2) is 0 Å². The summed E-state index contributed by atoms with van der Waals surface area (Å²) in [4.78, 5) is 0. The third-order valence-corrected chi connectivity index (χ3v) is 6.43. The van der Waals surface area contributed by atoms with Gasteiger partial charge in [-0.1, -0.05) is 141 Å². The summed E-state index contributed by atoms with van der Waals surface area (Å²) in [5, 5.41) is 5.13. The zero-order chi connectivity index (χ0) is 24.7. The molecule has 0 aromatic heterocycles. The lowest BCUT2D eigenvalue weighted by molar-refractivity contribution is 1.62. The van der Waals surface area contributed by atoms with Crippen LogP contribution in [0.15, 0.2) is 147 Å². The van der Waals surface area contributed by atoms with Crippen LogP contribution < -0.4 is 0 Å². The van der Waals surface area contributed by atoms with Gasteiger partial charge in [0.25, 0.3) is 0 Å². The van der Waals surface area contributed by atoms with Gasteiger partial charge in [-0.2, -0.15) is 0 Å². The molecule has 6 aromatic rings. The van der Waals surface area contributed by atoms with Crippen molar-refractivity contribution in [2.24, 2.45) is 0 Å². The largest absolute Gasteiger partial charge is 0.0985 e. The number of hydrogen-bond acceptors (Lipinski definition) is 0. The first-order valence-electron chi connectivity index (χ1n) is 12.2. The highest BCUT2D eigenvalue weighted by Gasteiger charge is 2.03. The van der Waals surface area contributed by atoms with Crippen LogP contribution in [0, 0.1) is 0 Å². The molecule has 0 nitrogen and oxygen atoms in total. The summed E-state index contributed by atoms with van der Waals surface area (Å²) in [5.74, 6) is 0. The van der Waals surface area contributed by atoms with Gasteiger partial charge in [-0.15, -0.1) is 0 Å². The second-order valence-electron chi connectivity index (χ2n) is 8.75. The van der Waals surface area contributed by atoms with Crippen LogP contribution in [0.1, 0.15) is 11.1 Å². The van der Waals surface area contributed by atoms with Gasteiger partial charge >= 0.3 is 0 Å². The average molecular weight is 461 g/mol. The minimum absolute atomic E-state index is 1.15. The van der Waals surface area contributed by atoms with E-state index in [-0.39, 0.29) is 0 Å². The quantitative estimate of drug-likeness (QED) is 0.245. The first kappa shape index (κ1) is 23.1. The summed E-state index contributed by atoms with van der Waals surface area (Å²) in [6.07, 6.45) is 3.76. The van der Waals surface area contributed by atoms with E-state index in [1.165, 1.54) is 43.8 Å². The van der Waals surface area contributed by atoms with Crippen LogP contribution in [0.25, 0.3) is 56.0 Å². The Morgan fingerprint density at radius 3 is 1.69 bits per heavy atom. The number of benzene rings is 6. The molecule has 0 N–H and O–H groups in total. The van der Waals surface area contributed by atoms with Crippen LogP contribution in [-0.4, -0.2) is 0 Å². The van der Waals surface area contributed by atoms with E-state index in [2.05, 4.69) is 147 Å². The Kier molecular flexibility index (Phi) is 6.87. The van der Waals surface area contributed by atoms with E-state index < -0.39 is 0 Å². The number of fused-ring (bicyclic) bond motifs is 2. The molecule has 172 valence electrons. The highest BCUT2D eigenvalue weighted by atomic mass is 14.1. The molecule has 0 unspecified atom stereocenters. The van der Waals surface area contributed by atoms with Crippen LogP contribution in [0.5, 0.6) is 0 Å². The summed E-state index contributed by atoms with van der Waals surface area (Å²) in [7, 11) is 0. The smallest absolute Gasteiger partial charge is 0.0105 e. The molecule has 0 fully saturated rings. The molecule has 0 atom stereocenters. The van der Waals surface area contributed by atoms with E-state index in [9.17, 15) is 0 Å². The third-order valence-electron chi connectivity index (χ3n) is 6.43. The maximum absolute atomic E-state index is 3.83. The Balaban J connectivity index is 0.000000148. The molecule has 36 heavy (non-hydrogen) atoms. The molecule has 0 spiro atoms. The van der Waals surface area contributed by atoms with Crippen molar-refractivity contribution in [3.05, 3.63) is 158 Å². The van der Waals surface area contributed by atoms with Crippen LogP contribution in [0.3, 0.4) is 0 Å². The van der Waals surface area contributed by atoms with Crippen molar-refractivity contribution in [2.75, 3.05) is 0 Å². The van der Waals surface area contributed by atoms with Crippen LogP contribution >= 0.6 is 0 Å². The average Bonchev–Trinajstić information content (AvgIpc) is 2.97. The van der Waals surface area contributed by atoms with E-state index in [0.29, 0.717) is 0 Å². The summed E-state index contributed by atoms with van der Waals surface area (Å²) in [6, 6.07) is 46.8. The highest BCUT2D eigenvalue weighted by molar-refractivity contribution is 5.96. The zero-order valence-electron chi connectivity index (χ0n) is 20.3. The lowest BCUT2D eigenvalue weighted by Gasteiger charge is -2.07. The first-order valence-corrected chi connectivity index (χ1v) is 12.2. The van der Waals surface area contributed by atoms with E-state index in [1.807, 2.05) is 12.2 Å². The standard InChI is InChI=1S/2C18H14/c1-2-14-7-5-10-16(13-14)18-12-6-9-15-8-3-4-11-17(15)18;1-2-14-6-5-9-16(12-14)18-11-10-15-7-3-4-8-17(15)13-18/h2*2-13H,1H2. The summed E-state index contributed by atoms with van der Waals surface area (Å²) < 4.78 is 0. The molecular formula is C36H28.